The average molecular weight is 209 g/mol. The van der Waals surface area contributed by atoms with Gasteiger partial charge in [0.25, 0.3) is 0 Å². The van der Waals surface area contributed by atoms with E-state index < -0.39 is 0 Å². The van der Waals surface area contributed by atoms with Crippen molar-refractivity contribution in [2.75, 3.05) is 7.11 Å². The third-order valence-corrected chi connectivity index (χ3v) is 3.17. The number of nitrogens with two attached hydrogens (primary N) is 1. The van der Waals surface area contributed by atoms with Crippen molar-refractivity contribution in [2.24, 2.45) is 5.73 Å². The summed E-state index contributed by atoms with van der Waals surface area (Å²) < 4.78 is 18.3. The maximum atomic E-state index is 13.3. The highest BCUT2D eigenvalue weighted by Gasteiger charge is 2.34. The lowest BCUT2D eigenvalue weighted by Crippen LogP contribution is -2.43. The smallest absolute Gasteiger partial charge is 0.128 e. The molecule has 0 heterocycles. The van der Waals surface area contributed by atoms with Crippen LogP contribution in [-0.4, -0.2) is 7.11 Å². The van der Waals surface area contributed by atoms with Gasteiger partial charge >= 0.3 is 0 Å². The Morgan fingerprint density at radius 2 is 2.20 bits per heavy atom. The molecule has 82 valence electrons. The summed E-state index contributed by atoms with van der Waals surface area (Å²) in [6.07, 6.45) is 3.14. The largest absolute Gasteiger partial charge is 0.380 e. The van der Waals surface area contributed by atoms with Gasteiger partial charge in [-0.25, -0.2) is 4.39 Å². The summed E-state index contributed by atoms with van der Waals surface area (Å²) in [7, 11) is 1.56. The number of halogens is 1. The first kappa shape index (κ1) is 10.6. The van der Waals surface area contributed by atoms with Crippen molar-refractivity contribution in [3.63, 3.8) is 0 Å². The van der Waals surface area contributed by atoms with Crippen molar-refractivity contribution < 1.29 is 9.13 Å². The van der Waals surface area contributed by atoms with Crippen molar-refractivity contribution >= 4 is 0 Å². The van der Waals surface area contributed by atoms with Gasteiger partial charge in [0, 0.05) is 18.2 Å². The molecule has 1 aliphatic rings. The standard InChI is InChI=1S/C12H16FNO/c1-15-8-9-7-10(3-4-11(9)13)12(14)5-2-6-12/h3-4,7H,2,5-6,8,14H2,1H3. The monoisotopic (exact) mass is 209 g/mol. The molecule has 0 saturated heterocycles. The van der Waals surface area contributed by atoms with Crippen LogP contribution in [0.15, 0.2) is 18.2 Å². The zero-order chi connectivity index (χ0) is 10.9. The van der Waals surface area contributed by atoms with E-state index >= 15 is 0 Å². The lowest BCUT2D eigenvalue weighted by molar-refractivity contribution is 0.180. The van der Waals surface area contributed by atoms with Crippen molar-refractivity contribution in [3.8, 4) is 0 Å². The highest BCUT2D eigenvalue weighted by atomic mass is 19.1. The van der Waals surface area contributed by atoms with Gasteiger partial charge in [0.05, 0.1) is 6.61 Å². The molecule has 0 spiro atoms. The van der Waals surface area contributed by atoms with Gasteiger partial charge in [-0.1, -0.05) is 6.07 Å². The number of hydrogen-bond donors (Lipinski definition) is 1. The predicted molar refractivity (Wildman–Crippen MR) is 56.8 cm³/mol. The van der Waals surface area contributed by atoms with E-state index in [-0.39, 0.29) is 11.4 Å². The summed E-state index contributed by atoms with van der Waals surface area (Å²) in [5, 5.41) is 0. The molecular weight excluding hydrogens is 193 g/mol. The molecule has 1 aliphatic carbocycles. The molecule has 1 aromatic carbocycles. The normalized spacial score (nSPS) is 18.6. The fourth-order valence-corrected chi connectivity index (χ4v) is 2.00. The Hall–Kier alpha value is -0.930. The molecule has 1 fully saturated rings. The van der Waals surface area contributed by atoms with Crippen molar-refractivity contribution in [3.05, 3.63) is 35.1 Å². The summed E-state index contributed by atoms with van der Waals surface area (Å²) in [6, 6.07) is 5.10. The third kappa shape index (κ3) is 1.90. The minimum absolute atomic E-state index is 0.219. The number of rotatable bonds is 3. The van der Waals surface area contributed by atoms with Crippen molar-refractivity contribution in [1.82, 2.24) is 0 Å². The summed E-state index contributed by atoms with van der Waals surface area (Å²) in [6.45, 7) is 0.301. The first-order valence-corrected chi connectivity index (χ1v) is 5.22. The fraction of sp³-hybridized carbons (Fsp3) is 0.500. The minimum Gasteiger partial charge on any atom is -0.380 e. The molecule has 1 saturated carbocycles. The van der Waals surface area contributed by atoms with Crippen molar-refractivity contribution in [2.45, 2.75) is 31.4 Å². The third-order valence-electron chi connectivity index (χ3n) is 3.17. The molecule has 0 radical (unpaired) electrons. The second kappa shape index (κ2) is 3.91. The highest BCUT2D eigenvalue weighted by Crippen LogP contribution is 2.39. The molecule has 0 unspecified atom stereocenters. The van der Waals surface area contributed by atoms with E-state index in [0.29, 0.717) is 12.2 Å². The van der Waals surface area contributed by atoms with Gasteiger partial charge in [-0.2, -0.15) is 0 Å². The van der Waals surface area contributed by atoms with Crippen LogP contribution < -0.4 is 5.73 Å². The van der Waals surface area contributed by atoms with E-state index in [2.05, 4.69) is 0 Å². The maximum absolute atomic E-state index is 13.3. The van der Waals surface area contributed by atoms with Crippen molar-refractivity contribution in [1.29, 1.82) is 0 Å². The summed E-state index contributed by atoms with van der Waals surface area (Å²) in [5.41, 5.74) is 7.57. The molecule has 2 rings (SSSR count). The van der Waals surface area contributed by atoms with Crippen LogP contribution in [0.1, 0.15) is 30.4 Å². The lowest BCUT2D eigenvalue weighted by atomic mass is 9.72. The van der Waals surface area contributed by atoms with Crippen LogP contribution >= 0.6 is 0 Å². The molecule has 0 atom stereocenters. The van der Waals surface area contributed by atoms with Crippen LogP contribution in [0, 0.1) is 5.82 Å². The Kier molecular flexibility index (Phi) is 2.76. The molecular formula is C12H16FNO. The second-order valence-electron chi connectivity index (χ2n) is 4.25. The van der Waals surface area contributed by atoms with E-state index in [1.165, 1.54) is 6.07 Å². The highest BCUT2D eigenvalue weighted by molar-refractivity contribution is 5.31. The first-order chi connectivity index (χ1) is 7.15. The molecule has 1 aromatic rings. The molecule has 0 aliphatic heterocycles. The minimum atomic E-state index is -0.226. The van der Waals surface area contributed by atoms with Gasteiger partial charge in [0.15, 0.2) is 0 Å². The Morgan fingerprint density at radius 1 is 1.47 bits per heavy atom. The van der Waals surface area contributed by atoms with E-state index in [1.807, 2.05) is 6.07 Å². The van der Waals surface area contributed by atoms with Crippen LogP contribution in [-0.2, 0) is 16.9 Å². The number of ether oxygens (including phenoxy) is 1. The first-order valence-electron chi connectivity index (χ1n) is 5.22. The molecule has 2 N–H and O–H groups in total. The summed E-state index contributed by atoms with van der Waals surface area (Å²) in [5.74, 6) is -0.219. The van der Waals surface area contributed by atoms with Crippen LogP contribution in [0.4, 0.5) is 4.39 Å². The van der Waals surface area contributed by atoms with E-state index in [0.717, 1.165) is 24.8 Å². The van der Waals surface area contributed by atoms with Crippen LogP contribution in [0.5, 0.6) is 0 Å². The molecule has 0 bridgehead atoms. The van der Waals surface area contributed by atoms with Crippen LogP contribution in [0.2, 0.25) is 0 Å². The Morgan fingerprint density at radius 3 is 2.73 bits per heavy atom. The quantitative estimate of drug-likeness (QED) is 0.829. The molecule has 0 aromatic heterocycles. The average Bonchev–Trinajstić information content (AvgIpc) is 2.18. The van der Waals surface area contributed by atoms with Gasteiger partial charge in [-0.15, -0.1) is 0 Å². The van der Waals surface area contributed by atoms with E-state index in [4.69, 9.17) is 10.5 Å². The zero-order valence-corrected chi connectivity index (χ0v) is 8.92. The number of methoxy groups -OCH3 is 1. The second-order valence-corrected chi connectivity index (χ2v) is 4.25. The Balaban J connectivity index is 2.29. The van der Waals surface area contributed by atoms with E-state index in [1.54, 1.807) is 13.2 Å². The van der Waals surface area contributed by atoms with Crippen LogP contribution in [0.3, 0.4) is 0 Å². The lowest BCUT2D eigenvalue weighted by Gasteiger charge is -2.38. The topological polar surface area (TPSA) is 35.2 Å². The van der Waals surface area contributed by atoms with Gasteiger partial charge in [0.1, 0.15) is 5.82 Å². The predicted octanol–water partition coefficient (Wildman–Crippen LogP) is 2.31. The molecule has 2 nitrogen and oxygen atoms in total. The zero-order valence-electron chi connectivity index (χ0n) is 8.92. The SMILES string of the molecule is COCc1cc(C2(N)CCC2)ccc1F. The molecule has 0 amide bonds. The molecule has 3 heteroatoms. The van der Waals surface area contributed by atoms with Gasteiger partial charge in [-0.05, 0) is 37.0 Å². The summed E-state index contributed by atoms with van der Waals surface area (Å²) in [4.78, 5) is 0. The van der Waals surface area contributed by atoms with Crippen LogP contribution in [0.25, 0.3) is 0 Å². The Bertz CT molecular complexity index is 361. The molecule has 15 heavy (non-hydrogen) atoms. The Labute approximate surface area is 89.2 Å². The summed E-state index contributed by atoms with van der Waals surface area (Å²) >= 11 is 0. The van der Waals surface area contributed by atoms with Gasteiger partial charge in [0.2, 0.25) is 0 Å². The number of benzene rings is 1. The van der Waals surface area contributed by atoms with E-state index in [9.17, 15) is 4.39 Å². The van der Waals surface area contributed by atoms with Gasteiger partial charge < -0.3 is 10.5 Å². The van der Waals surface area contributed by atoms with Gasteiger partial charge in [-0.3, -0.25) is 0 Å². The maximum Gasteiger partial charge on any atom is 0.128 e. The number of hydrogen-bond acceptors (Lipinski definition) is 2. The fourth-order valence-electron chi connectivity index (χ4n) is 2.00.